The van der Waals surface area contributed by atoms with E-state index in [9.17, 15) is 18.4 Å². The van der Waals surface area contributed by atoms with Crippen LogP contribution in [0.15, 0.2) is 42.5 Å². The molecule has 148 valence electrons. The number of hydrogen-bond acceptors (Lipinski definition) is 4. The number of amides is 2. The number of anilines is 2. The Labute approximate surface area is 161 Å². The van der Waals surface area contributed by atoms with Gasteiger partial charge in [0.2, 0.25) is 11.8 Å². The molecule has 0 unspecified atom stereocenters. The molecule has 28 heavy (non-hydrogen) atoms. The van der Waals surface area contributed by atoms with Crippen LogP contribution in [0.4, 0.5) is 20.2 Å². The van der Waals surface area contributed by atoms with E-state index in [1.54, 1.807) is 36.3 Å². The zero-order valence-corrected chi connectivity index (χ0v) is 15.4. The molecule has 0 bridgehead atoms. The number of carbonyl (C=O) groups is 2. The van der Waals surface area contributed by atoms with Crippen LogP contribution in [0.1, 0.15) is 12.8 Å². The average Bonchev–Trinajstić information content (AvgIpc) is 3.13. The Morgan fingerprint density at radius 2 is 1.89 bits per heavy atom. The van der Waals surface area contributed by atoms with Gasteiger partial charge in [0.15, 0.2) is 0 Å². The number of nitrogens with one attached hydrogen (secondary N) is 2. The van der Waals surface area contributed by atoms with Gasteiger partial charge in [-0.25, -0.2) is 8.78 Å². The normalized spacial score (nSPS) is 16.6. The van der Waals surface area contributed by atoms with Gasteiger partial charge in [0, 0.05) is 11.8 Å². The van der Waals surface area contributed by atoms with Crippen LogP contribution in [-0.4, -0.2) is 43.0 Å². The fourth-order valence-electron chi connectivity index (χ4n) is 3.18. The van der Waals surface area contributed by atoms with Crippen molar-refractivity contribution in [2.45, 2.75) is 18.9 Å². The fraction of sp³-hybridized carbons (Fsp3) is 0.300. The maximum atomic E-state index is 13.7. The molecule has 2 aromatic carbocycles. The first-order chi connectivity index (χ1) is 13.5. The van der Waals surface area contributed by atoms with E-state index in [2.05, 4.69) is 10.6 Å². The highest BCUT2D eigenvalue weighted by Gasteiger charge is 2.32. The van der Waals surface area contributed by atoms with E-state index < -0.39 is 23.6 Å². The predicted octanol–water partition coefficient (Wildman–Crippen LogP) is 3.02. The van der Waals surface area contributed by atoms with Gasteiger partial charge in [0.1, 0.15) is 17.4 Å². The number of halogens is 2. The smallest absolute Gasteiger partial charge is 0.241 e. The van der Waals surface area contributed by atoms with Crippen molar-refractivity contribution < 1.29 is 23.1 Å². The van der Waals surface area contributed by atoms with Crippen LogP contribution in [0.2, 0.25) is 0 Å². The molecule has 0 aromatic heterocycles. The number of methoxy groups -OCH3 is 1. The highest BCUT2D eigenvalue weighted by atomic mass is 19.1. The molecule has 6 nitrogen and oxygen atoms in total. The van der Waals surface area contributed by atoms with Gasteiger partial charge in [-0.2, -0.15) is 0 Å². The van der Waals surface area contributed by atoms with Gasteiger partial charge < -0.3 is 15.4 Å². The molecular weight excluding hydrogens is 368 g/mol. The molecular formula is C20H21F2N3O3. The first-order valence-electron chi connectivity index (χ1n) is 8.90. The van der Waals surface area contributed by atoms with Crippen molar-refractivity contribution in [3.05, 3.63) is 54.1 Å². The molecule has 0 radical (unpaired) electrons. The van der Waals surface area contributed by atoms with Crippen molar-refractivity contribution in [1.29, 1.82) is 0 Å². The fourth-order valence-corrected chi connectivity index (χ4v) is 3.18. The van der Waals surface area contributed by atoms with Crippen LogP contribution in [0.25, 0.3) is 0 Å². The topological polar surface area (TPSA) is 70.7 Å². The Morgan fingerprint density at radius 1 is 1.14 bits per heavy atom. The second-order valence-corrected chi connectivity index (χ2v) is 6.52. The summed E-state index contributed by atoms with van der Waals surface area (Å²) in [4.78, 5) is 26.6. The van der Waals surface area contributed by atoms with Crippen LogP contribution in [-0.2, 0) is 9.59 Å². The summed E-state index contributed by atoms with van der Waals surface area (Å²) >= 11 is 0. The van der Waals surface area contributed by atoms with Gasteiger partial charge in [-0.3, -0.25) is 14.5 Å². The Balaban J connectivity index is 1.59. The van der Waals surface area contributed by atoms with Gasteiger partial charge in [0.05, 0.1) is 25.4 Å². The summed E-state index contributed by atoms with van der Waals surface area (Å²) in [5, 5.41) is 5.19. The van der Waals surface area contributed by atoms with Gasteiger partial charge in [-0.05, 0) is 55.8 Å². The molecule has 0 saturated carbocycles. The number of nitrogens with zero attached hydrogens (tertiary/aromatic N) is 1. The summed E-state index contributed by atoms with van der Waals surface area (Å²) < 4.78 is 32.0. The van der Waals surface area contributed by atoms with E-state index in [1.165, 1.54) is 0 Å². The molecule has 1 heterocycles. The zero-order chi connectivity index (χ0) is 20.1. The molecule has 2 aromatic rings. The summed E-state index contributed by atoms with van der Waals surface area (Å²) in [6.07, 6.45) is 1.38. The average molecular weight is 389 g/mol. The summed E-state index contributed by atoms with van der Waals surface area (Å²) in [5.74, 6) is -1.40. The Hall–Kier alpha value is -3.00. The number of hydrogen-bond donors (Lipinski definition) is 2. The highest BCUT2D eigenvalue weighted by molar-refractivity contribution is 5.96. The number of likely N-dealkylation sites (tertiary alicyclic amines) is 1. The largest absolute Gasteiger partial charge is 0.497 e. The third-order valence-corrected chi connectivity index (χ3v) is 4.57. The van der Waals surface area contributed by atoms with Crippen molar-refractivity contribution in [3.63, 3.8) is 0 Å². The molecule has 1 aliphatic rings. The Bertz CT molecular complexity index is 858. The van der Waals surface area contributed by atoms with E-state index in [-0.39, 0.29) is 18.1 Å². The van der Waals surface area contributed by atoms with Crippen molar-refractivity contribution in [2.75, 3.05) is 30.8 Å². The van der Waals surface area contributed by atoms with E-state index in [1.807, 2.05) is 0 Å². The summed E-state index contributed by atoms with van der Waals surface area (Å²) in [6.45, 7) is 0.483. The second-order valence-electron chi connectivity index (χ2n) is 6.52. The molecule has 1 atom stereocenters. The lowest BCUT2D eigenvalue weighted by Gasteiger charge is -2.23. The molecule has 1 fully saturated rings. The van der Waals surface area contributed by atoms with E-state index in [0.717, 1.165) is 24.6 Å². The minimum atomic E-state index is -0.718. The summed E-state index contributed by atoms with van der Waals surface area (Å²) in [5.41, 5.74) is 0.410. The maximum absolute atomic E-state index is 13.7. The zero-order valence-electron chi connectivity index (χ0n) is 15.4. The maximum Gasteiger partial charge on any atom is 0.241 e. The molecule has 8 heteroatoms. The quantitative estimate of drug-likeness (QED) is 0.797. The Morgan fingerprint density at radius 3 is 2.61 bits per heavy atom. The van der Waals surface area contributed by atoms with Crippen molar-refractivity contribution >= 4 is 23.2 Å². The van der Waals surface area contributed by atoms with E-state index in [0.29, 0.717) is 24.4 Å². The second kappa shape index (κ2) is 8.79. The minimum absolute atomic E-state index is 0.0867. The van der Waals surface area contributed by atoms with Crippen LogP contribution >= 0.6 is 0 Å². The van der Waals surface area contributed by atoms with Crippen LogP contribution in [0, 0.1) is 11.6 Å². The first-order valence-corrected chi connectivity index (χ1v) is 8.90. The van der Waals surface area contributed by atoms with Crippen molar-refractivity contribution in [1.82, 2.24) is 4.90 Å². The van der Waals surface area contributed by atoms with Gasteiger partial charge in [-0.15, -0.1) is 0 Å². The van der Waals surface area contributed by atoms with Gasteiger partial charge in [0.25, 0.3) is 0 Å². The van der Waals surface area contributed by atoms with Crippen LogP contribution < -0.4 is 15.4 Å². The summed E-state index contributed by atoms with van der Waals surface area (Å²) in [7, 11) is 1.56. The number of rotatable bonds is 6. The molecule has 1 aliphatic heterocycles. The monoisotopic (exact) mass is 389 g/mol. The third kappa shape index (κ3) is 4.83. The van der Waals surface area contributed by atoms with E-state index in [4.69, 9.17) is 4.74 Å². The van der Waals surface area contributed by atoms with Crippen molar-refractivity contribution in [2.24, 2.45) is 0 Å². The minimum Gasteiger partial charge on any atom is -0.497 e. The number of carbonyl (C=O) groups excluding carboxylic acids is 2. The lowest BCUT2D eigenvalue weighted by Crippen LogP contribution is -2.43. The van der Waals surface area contributed by atoms with Crippen molar-refractivity contribution in [3.8, 4) is 5.75 Å². The van der Waals surface area contributed by atoms with Gasteiger partial charge >= 0.3 is 0 Å². The molecule has 0 spiro atoms. The highest BCUT2D eigenvalue weighted by Crippen LogP contribution is 2.21. The third-order valence-electron chi connectivity index (χ3n) is 4.57. The Kier molecular flexibility index (Phi) is 6.20. The van der Waals surface area contributed by atoms with E-state index >= 15 is 0 Å². The molecule has 2 N–H and O–H groups in total. The van der Waals surface area contributed by atoms with Gasteiger partial charge in [-0.1, -0.05) is 0 Å². The molecule has 2 amide bonds. The SMILES string of the molecule is COc1ccc(NC(=O)[C@H]2CCCN2CC(=O)Nc2cc(F)ccc2F)cc1. The molecule has 1 saturated heterocycles. The molecule has 3 rings (SSSR count). The molecule has 0 aliphatic carbocycles. The standard InChI is InChI=1S/C20H21F2N3O3/c1-28-15-7-5-14(6-8-15)23-20(27)18-3-2-10-25(18)12-19(26)24-17-11-13(21)4-9-16(17)22/h4-9,11,18H,2-3,10,12H2,1H3,(H,23,27)(H,24,26)/t18-/m1/s1. The summed E-state index contributed by atoms with van der Waals surface area (Å²) in [6, 6.07) is 9.32. The lowest BCUT2D eigenvalue weighted by atomic mass is 10.2. The number of benzene rings is 2. The van der Waals surface area contributed by atoms with Crippen LogP contribution in [0.5, 0.6) is 5.75 Å². The van der Waals surface area contributed by atoms with Crippen LogP contribution in [0.3, 0.4) is 0 Å². The number of ether oxygens (including phenoxy) is 1. The predicted molar refractivity (Wildman–Crippen MR) is 101 cm³/mol. The lowest BCUT2D eigenvalue weighted by molar-refractivity contribution is -0.122. The first kappa shape index (κ1) is 19.8.